The normalized spacial score (nSPS) is 14.1. The van der Waals surface area contributed by atoms with E-state index in [1.54, 1.807) is 18.2 Å². The average molecular weight is 358 g/mol. The van der Waals surface area contributed by atoms with E-state index in [1.807, 2.05) is 0 Å². The minimum Gasteiger partial charge on any atom is -0.356 e. The summed E-state index contributed by atoms with van der Waals surface area (Å²) in [6, 6.07) is 12.8. The Kier molecular flexibility index (Phi) is 5.20. The Balaban J connectivity index is 2.57. The Bertz CT molecular complexity index is 721. The largest absolute Gasteiger partial charge is 0.430 e. The van der Waals surface area contributed by atoms with Crippen molar-refractivity contribution in [1.82, 2.24) is 0 Å². The highest BCUT2D eigenvalue weighted by Gasteiger charge is 2.63. The molecule has 0 N–H and O–H groups in total. The number of likely N-dealkylation sites (N-methyl/N-ethyl adjacent to an activating group) is 1. The molecule has 2 aromatic carbocycles. The molecule has 0 aliphatic heterocycles. The third-order valence-corrected chi connectivity index (χ3v) is 3.92. The highest BCUT2D eigenvalue weighted by Crippen LogP contribution is 2.43. The molecule has 0 bridgehead atoms. The number of alkyl halides is 3. The van der Waals surface area contributed by atoms with E-state index in [4.69, 9.17) is 16.3 Å². The number of hydrogen-bond acceptors (Lipinski definition) is 2. The number of rotatable bonds is 4. The van der Waals surface area contributed by atoms with E-state index in [-0.39, 0.29) is 11.3 Å². The fourth-order valence-electron chi connectivity index (χ4n) is 2.44. The van der Waals surface area contributed by atoms with Crippen LogP contribution in [0.1, 0.15) is 5.56 Å². The summed E-state index contributed by atoms with van der Waals surface area (Å²) in [5.74, 6) is -1.26. The van der Waals surface area contributed by atoms with Crippen LogP contribution in [-0.2, 0) is 15.1 Å². The number of carbonyl (C=O) groups is 1. The number of hydrogen-bond donors (Lipinski definition) is 0. The van der Waals surface area contributed by atoms with Crippen LogP contribution in [-0.4, -0.2) is 26.2 Å². The van der Waals surface area contributed by atoms with Crippen LogP contribution in [0.25, 0.3) is 0 Å². The fraction of sp³-hybridized carbons (Fsp3) is 0.235. The van der Waals surface area contributed by atoms with Crippen LogP contribution < -0.4 is 4.90 Å². The van der Waals surface area contributed by atoms with Gasteiger partial charge in [0.1, 0.15) is 0 Å². The van der Waals surface area contributed by atoms with Crippen LogP contribution in [0.2, 0.25) is 5.02 Å². The first-order valence-corrected chi connectivity index (χ1v) is 7.33. The number of anilines is 1. The molecule has 0 fully saturated rings. The lowest BCUT2D eigenvalue weighted by Gasteiger charge is -2.36. The van der Waals surface area contributed by atoms with Crippen LogP contribution in [0.4, 0.5) is 18.9 Å². The second-order valence-corrected chi connectivity index (χ2v) is 5.53. The van der Waals surface area contributed by atoms with Crippen molar-refractivity contribution in [2.75, 3.05) is 19.1 Å². The molecular formula is C17H15ClF3NO2. The summed E-state index contributed by atoms with van der Waals surface area (Å²) in [6.45, 7) is 0. The van der Waals surface area contributed by atoms with E-state index in [1.165, 1.54) is 43.4 Å². The van der Waals surface area contributed by atoms with Crippen LogP contribution in [0.5, 0.6) is 0 Å². The van der Waals surface area contributed by atoms with Crippen molar-refractivity contribution >= 4 is 23.2 Å². The maximum absolute atomic E-state index is 13.9. The summed E-state index contributed by atoms with van der Waals surface area (Å²) in [7, 11) is 2.11. The highest BCUT2D eigenvalue weighted by atomic mass is 35.5. The molecule has 3 nitrogen and oxygen atoms in total. The number of nitrogens with zero attached hydrogens (tertiary/aromatic N) is 1. The van der Waals surface area contributed by atoms with Crippen LogP contribution in [0.3, 0.4) is 0 Å². The number of methoxy groups -OCH3 is 1. The molecule has 0 heterocycles. The summed E-state index contributed by atoms with van der Waals surface area (Å²) in [4.78, 5) is 13.7. The minimum atomic E-state index is -4.95. The van der Waals surface area contributed by atoms with Gasteiger partial charge in [0.2, 0.25) is 0 Å². The van der Waals surface area contributed by atoms with Gasteiger partial charge in [0, 0.05) is 30.4 Å². The highest BCUT2D eigenvalue weighted by molar-refractivity contribution is 6.30. The van der Waals surface area contributed by atoms with E-state index in [9.17, 15) is 18.0 Å². The third-order valence-electron chi connectivity index (χ3n) is 3.69. The van der Waals surface area contributed by atoms with E-state index in [2.05, 4.69) is 0 Å². The molecule has 0 aliphatic carbocycles. The molecule has 24 heavy (non-hydrogen) atoms. The van der Waals surface area contributed by atoms with E-state index < -0.39 is 17.7 Å². The Morgan fingerprint density at radius 3 is 2.21 bits per heavy atom. The summed E-state index contributed by atoms with van der Waals surface area (Å²) >= 11 is 5.86. The Labute approximate surface area is 142 Å². The second-order valence-electron chi connectivity index (χ2n) is 5.09. The molecule has 0 saturated heterocycles. The van der Waals surface area contributed by atoms with Gasteiger partial charge in [-0.2, -0.15) is 13.2 Å². The van der Waals surface area contributed by atoms with Gasteiger partial charge in [-0.25, -0.2) is 0 Å². The van der Waals surface area contributed by atoms with Gasteiger partial charge in [-0.1, -0.05) is 48.0 Å². The first-order valence-electron chi connectivity index (χ1n) is 6.95. The maximum atomic E-state index is 13.9. The van der Waals surface area contributed by atoms with Crippen molar-refractivity contribution in [3.8, 4) is 0 Å². The standard InChI is InChI=1S/C17H15ClF3NO2/c1-22(14-10-6-9-13(18)11-14)15(23)16(24-2,17(19,20)21)12-7-4-3-5-8-12/h3-11H,1-2H3. The zero-order chi connectivity index (χ0) is 18.0. The first-order chi connectivity index (χ1) is 11.2. The van der Waals surface area contributed by atoms with Gasteiger partial charge in [-0.3, -0.25) is 4.79 Å². The molecule has 2 aromatic rings. The number of amides is 1. The summed E-state index contributed by atoms with van der Waals surface area (Å²) < 4.78 is 46.4. The van der Waals surface area contributed by atoms with Gasteiger partial charge < -0.3 is 9.64 Å². The van der Waals surface area contributed by atoms with Crippen molar-refractivity contribution in [2.24, 2.45) is 0 Å². The predicted octanol–water partition coefficient (Wildman–Crippen LogP) is 4.41. The molecule has 1 unspecified atom stereocenters. The number of carbonyl (C=O) groups excluding carboxylic acids is 1. The van der Waals surface area contributed by atoms with Gasteiger partial charge >= 0.3 is 6.18 Å². The molecule has 1 atom stereocenters. The van der Waals surface area contributed by atoms with Crippen molar-refractivity contribution < 1.29 is 22.7 Å². The molecular weight excluding hydrogens is 343 g/mol. The van der Waals surface area contributed by atoms with Gasteiger partial charge in [-0.15, -0.1) is 0 Å². The Morgan fingerprint density at radius 1 is 1.08 bits per heavy atom. The molecule has 7 heteroatoms. The van der Waals surface area contributed by atoms with E-state index in [0.29, 0.717) is 5.02 Å². The van der Waals surface area contributed by atoms with Crippen molar-refractivity contribution in [1.29, 1.82) is 0 Å². The van der Waals surface area contributed by atoms with Crippen molar-refractivity contribution in [2.45, 2.75) is 11.8 Å². The van der Waals surface area contributed by atoms with Gasteiger partial charge in [-0.05, 0) is 18.2 Å². The summed E-state index contributed by atoms with van der Waals surface area (Å²) in [5.41, 5.74) is -3.17. The van der Waals surface area contributed by atoms with Gasteiger partial charge in [0.15, 0.2) is 0 Å². The topological polar surface area (TPSA) is 29.5 Å². The number of halogens is 4. The zero-order valence-corrected chi connectivity index (χ0v) is 13.7. The minimum absolute atomic E-state index is 0.231. The summed E-state index contributed by atoms with van der Waals surface area (Å²) in [5, 5.41) is 0.307. The third kappa shape index (κ3) is 3.12. The molecule has 0 aromatic heterocycles. The molecule has 0 aliphatic rings. The molecule has 1 amide bonds. The van der Waals surface area contributed by atoms with Crippen LogP contribution >= 0.6 is 11.6 Å². The quantitative estimate of drug-likeness (QED) is 0.811. The van der Waals surface area contributed by atoms with E-state index in [0.717, 1.165) is 12.0 Å². The smallest absolute Gasteiger partial charge is 0.356 e. The number of benzene rings is 2. The molecule has 2 rings (SSSR count). The maximum Gasteiger partial charge on any atom is 0.430 e. The molecule has 0 radical (unpaired) electrons. The lowest BCUT2D eigenvalue weighted by Crippen LogP contribution is -2.56. The van der Waals surface area contributed by atoms with Crippen molar-refractivity contribution in [3.05, 3.63) is 65.2 Å². The van der Waals surface area contributed by atoms with E-state index >= 15 is 0 Å². The second kappa shape index (κ2) is 6.83. The SMILES string of the molecule is COC(C(=O)N(C)c1cccc(Cl)c1)(c1ccccc1)C(F)(F)F. The fourth-order valence-corrected chi connectivity index (χ4v) is 2.62. The first kappa shape index (κ1) is 18.3. The summed E-state index contributed by atoms with van der Waals surface area (Å²) in [6.07, 6.45) is -4.95. The molecule has 0 saturated carbocycles. The van der Waals surface area contributed by atoms with Crippen LogP contribution in [0, 0.1) is 0 Å². The Hall–Kier alpha value is -2.05. The lowest BCUT2D eigenvalue weighted by atomic mass is 9.91. The molecule has 0 spiro atoms. The lowest BCUT2D eigenvalue weighted by molar-refractivity contribution is -0.264. The van der Waals surface area contributed by atoms with Crippen molar-refractivity contribution in [3.63, 3.8) is 0 Å². The Morgan fingerprint density at radius 2 is 1.71 bits per heavy atom. The van der Waals surface area contributed by atoms with Gasteiger partial charge in [0.05, 0.1) is 0 Å². The number of ether oxygens (including phenoxy) is 1. The van der Waals surface area contributed by atoms with Gasteiger partial charge in [0.25, 0.3) is 11.5 Å². The predicted molar refractivity (Wildman–Crippen MR) is 86.0 cm³/mol. The average Bonchev–Trinajstić information content (AvgIpc) is 2.55. The van der Waals surface area contributed by atoms with Crippen LogP contribution in [0.15, 0.2) is 54.6 Å². The molecule has 128 valence electrons. The zero-order valence-electron chi connectivity index (χ0n) is 13.0. The monoisotopic (exact) mass is 357 g/mol.